The van der Waals surface area contributed by atoms with E-state index in [2.05, 4.69) is 17.1 Å². The number of aromatic nitrogens is 1. The SMILES string of the molecule is COc1ccc(C2CCN(C(=O)c3cccnc3)CC2)cc1. The van der Waals surface area contributed by atoms with Gasteiger partial charge in [0.2, 0.25) is 0 Å². The number of piperidine rings is 1. The second-order valence-corrected chi connectivity index (χ2v) is 5.58. The molecule has 1 aromatic carbocycles. The molecule has 0 saturated carbocycles. The van der Waals surface area contributed by atoms with Crippen molar-refractivity contribution < 1.29 is 9.53 Å². The van der Waals surface area contributed by atoms with Crippen molar-refractivity contribution in [1.29, 1.82) is 0 Å². The number of rotatable bonds is 3. The van der Waals surface area contributed by atoms with Gasteiger partial charge in [-0.15, -0.1) is 0 Å². The summed E-state index contributed by atoms with van der Waals surface area (Å²) < 4.78 is 5.20. The van der Waals surface area contributed by atoms with Crippen LogP contribution in [0.15, 0.2) is 48.8 Å². The topological polar surface area (TPSA) is 42.4 Å². The number of likely N-dealkylation sites (tertiary alicyclic amines) is 1. The van der Waals surface area contributed by atoms with Crippen LogP contribution in [0.25, 0.3) is 0 Å². The van der Waals surface area contributed by atoms with Crippen LogP contribution in [-0.2, 0) is 0 Å². The van der Waals surface area contributed by atoms with E-state index in [1.54, 1.807) is 25.6 Å². The average Bonchev–Trinajstić information content (AvgIpc) is 2.62. The van der Waals surface area contributed by atoms with Gasteiger partial charge in [0, 0.05) is 25.5 Å². The first-order valence-corrected chi connectivity index (χ1v) is 7.61. The number of ether oxygens (including phenoxy) is 1. The Kier molecular flexibility index (Phi) is 4.37. The van der Waals surface area contributed by atoms with Crippen LogP contribution in [0.2, 0.25) is 0 Å². The van der Waals surface area contributed by atoms with Gasteiger partial charge in [0.05, 0.1) is 12.7 Å². The lowest BCUT2D eigenvalue weighted by molar-refractivity contribution is 0.0712. The van der Waals surface area contributed by atoms with Gasteiger partial charge in [-0.1, -0.05) is 12.1 Å². The lowest BCUT2D eigenvalue weighted by Gasteiger charge is -2.32. The van der Waals surface area contributed by atoms with Gasteiger partial charge in [0.15, 0.2) is 0 Å². The lowest BCUT2D eigenvalue weighted by Crippen LogP contribution is -2.37. The smallest absolute Gasteiger partial charge is 0.255 e. The summed E-state index contributed by atoms with van der Waals surface area (Å²) in [6.45, 7) is 1.59. The van der Waals surface area contributed by atoms with Crippen LogP contribution in [-0.4, -0.2) is 36.0 Å². The lowest BCUT2D eigenvalue weighted by atomic mass is 9.89. The third-order valence-corrected chi connectivity index (χ3v) is 4.28. The van der Waals surface area contributed by atoms with Crippen LogP contribution in [0.3, 0.4) is 0 Å². The summed E-state index contributed by atoms with van der Waals surface area (Å²) in [5.74, 6) is 1.48. The van der Waals surface area contributed by atoms with Crippen LogP contribution in [0.4, 0.5) is 0 Å². The summed E-state index contributed by atoms with van der Waals surface area (Å²) in [7, 11) is 1.68. The zero-order chi connectivity index (χ0) is 15.4. The van der Waals surface area contributed by atoms with E-state index >= 15 is 0 Å². The number of hydrogen-bond acceptors (Lipinski definition) is 3. The second-order valence-electron chi connectivity index (χ2n) is 5.58. The van der Waals surface area contributed by atoms with Crippen LogP contribution < -0.4 is 4.74 Å². The van der Waals surface area contributed by atoms with Crippen molar-refractivity contribution in [2.24, 2.45) is 0 Å². The molecule has 22 heavy (non-hydrogen) atoms. The molecular formula is C18H20N2O2. The normalized spacial score (nSPS) is 15.6. The molecule has 2 aromatic rings. The minimum absolute atomic E-state index is 0.0845. The van der Waals surface area contributed by atoms with Crippen molar-refractivity contribution in [1.82, 2.24) is 9.88 Å². The summed E-state index contributed by atoms with van der Waals surface area (Å²) in [5, 5.41) is 0. The Bertz CT molecular complexity index is 617. The highest BCUT2D eigenvalue weighted by atomic mass is 16.5. The van der Waals surface area contributed by atoms with Gasteiger partial charge in [0.1, 0.15) is 5.75 Å². The molecule has 0 radical (unpaired) electrons. The number of carbonyl (C=O) groups excluding carboxylic acids is 1. The standard InChI is InChI=1S/C18H20N2O2/c1-22-17-6-4-14(5-7-17)15-8-11-20(12-9-15)18(21)16-3-2-10-19-13-16/h2-7,10,13,15H,8-9,11-12H2,1H3. The minimum Gasteiger partial charge on any atom is -0.497 e. The Morgan fingerprint density at radius 2 is 1.91 bits per heavy atom. The number of nitrogens with zero attached hydrogens (tertiary/aromatic N) is 2. The summed E-state index contributed by atoms with van der Waals surface area (Å²) in [6.07, 6.45) is 5.32. The van der Waals surface area contributed by atoms with Gasteiger partial charge in [-0.25, -0.2) is 0 Å². The molecule has 4 nitrogen and oxygen atoms in total. The largest absolute Gasteiger partial charge is 0.497 e. The Morgan fingerprint density at radius 3 is 2.50 bits per heavy atom. The molecule has 1 amide bonds. The van der Waals surface area contributed by atoms with Gasteiger partial charge in [-0.2, -0.15) is 0 Å². The highest BCUT2D eigenvalue weighted by Gasteiger charge is 2.24. The maximum atomic E-state index is 12.4. The van der Waals surface area contributed by atoms with Crippen molar-refractivity contribution in [3.63, 3.8) is 0 Å². The minimum atomic E-state index is 0.0845. The molecule has 3 rings (SSSR count). The molecule has 1 fully saturated rings. The van der Waals surface area contributed by atoms with Gasteiger partial charge in [-0.05, 0) is 48.6 Å². The van der Waals surface area contributed by atoms with Crippen LogP contribution in [0.5, 0.6) is 5.75 Å². The molecule has 4 heteroatoms. The molecule has 1 saturated heterocycles. The fraction of sp³-hybridized carbons (Fsp3) is 0.333. The molecular weight excluding hydrogens is 276 g/mol. The number of pyridine rings is 1. The van der Waals surface area contributed by atoms with Crippen molar-refractivity contribution >= 4 is 5.91 Å². The first kappa shape index (κ1) is 14.6. The van der Waals surface area contributed by atoms with Crippen LogP contribution in [0, 0.1) is 0 Å². The number of amides is 1. The predicted molar refractivity (Wildman–Crippen MR) is 85.1 cm³/mol. The monoisotopic (exact) mass is 296 g/mol. The van der Waals surface area contributed by atoms with E-state index in [9.17, 15) is 4.79 Å². The molecule has 114 valence electrons. The second kappa shape index (κ2) is 6.60. The summed E-state index contributed by atoms with van der Waals surface area (Å²) in [4.78, 5) is 18.3. The highest BCUT2D eigenvalue weighted by Crippen LogP contribution is 2.29. The van der Waals surface area contributed by atoms with Crippen molar-refractivity contribution in [3.05, 3.63) is 59.9 Å². The van der Waals surface area contributed by atoms with E-state index in [0.717, 1.165) is 31.7 Å². The summed E-state index contributed by atoms with van der Waals surface area (Å²) >= 11 is 0. The molecule has 0 unspecified atom stereocenters. The molecule has 0 spiro atoms. The van der Waals surface area contributed by atoms with Crippen molar-refractivity contribution in [3.8, 4) is 5.75 Å². The Balaban J connectivity index is 1.61. The molecule has 1 aliphatic heterocycles. The molecule has 1 aliphatic rings. The van der Waals surface area contributed by atoms with E-state index in [1.807, 2.05) is 23.1 Å². The first-order valence-electron chi connectivity index (χ1n) is 7.61. The molecule has 0 aliphatic carbocycles. The zero-order valence-electron chi connectivity index (χ0n) is 12.7. The first-order chi connectivity index (χ1) is 10.8. The van der Waals surface area contributed by atoms with E-state index < -0.39 is 0 Å². The van der Waals surface area contributed by atoms with Crippen molar-refractivity contribution in [2.75, 3.05) is 20.2 Å². The number of carbonyl (C=O) groups is 1. The van der Waals surface area contributed by atoms with Crippen molar-refractivity contribution in [2.45, 2.75) is 18.8 Å². The number of methoxy groups -OCH3 is 1. The maximum Gasteiger partial charge on any atom is 0.255 e. The van der Waals surface area contributed by atoms with Gasteiger partial charge < -0.3 is 9.64 Å². The number of benzene rings is 1. The quantitative estimate of drug-likeness (QED) is 0.874. The molecule has 0 N–H and O–H groups in total. The Morgan fingerprint density at radius 1 is 1.18 bits per heavy atom. The summed E-state index contributed by atoms with van der Waals surface area (Å²) in [6, 6.07) is 11.9. The Hall–Kier alpha value is -2.36. The third kappa shape index (κ3) is 3.11. The van der Waals surface area contributed by atoms with E-state index in [0.29, 0.717) is 11.5 Å². The Labute approximate surface area is 130 Å². The third-order valence-electron chi connectivity index (χ3n) is 4.28. The average molecular weight is 296 g/mol. The van der Waals surface area contributed by atoms with Gasteiger partial charge in [-0.3, -0.25) is 9.78 Å². The number of hydrogen-bond donors (Lipinski definition) is 0. The predicted octanol–water partition coefficient (Wildman–Crippen LogP) is 3.11. The van der Waals surface area contributed by atoms with Crippen LogP contribution >= 0.6 is 0 Å². The fourth-order valence-electron chi connectivity index (χ4n) is 2.96. The van der Waals surface area contributed by atoms with E-state index in [4.69, 9.17) is 4.74 Å². The summed E-state index contributed by atoms with van der Waals surface area (Å²) in [5.41, 5.74) is 2.00. The molecule has 0 atom stereocenters. The molecule has 0 bridgehead atoms. The van der Waals surface area contributed by atoms with Crippen LogP contribution in [0.1, 0.15) is 34.7 Å². The van der Waals surface area contributed by atoms with Gasteiger partial charge in [0.25, 0.3) is 5.91 Å². The van der Waals surface area contributed by atoms with E-state index in [1.165, 1.54) is 5.56 Å². The highest BCUT2D eigenvalue weighted by molar-refractivity contribution is 5.93. The van der Waals surface area contributed by atoms with E-state index in [-0.39, 0.29) is 5.91 Å². The zero-order valence-corrected chi connectivity index (χ0v) is 12.7. The molecule has 2 heterocycles. The fourth-order valence-corrected chi connectivity index (χ4v) is 2.96. The van der Waals surface area contributed by atoms with Gasteiger partial charge >= 0.3 is 0 Å². The molecule has 1 aromatic heterocycles. The maximum absolute atomic E-state index is 12.4.